The van der Waals surface area contributed by atoms with Gasteiger partial charge in [0.25, 0.3) is 5.91 Å². The van der Waals surface area contributed by atoms with E-state index in [2.05, 4.69) is 5.32 Å². The van der Waals surface area contributed by atoms with E-state index in [4.69, 9.17) is 32.7 Å². The quantitative estimate of drug-likeness (QED) is 0.877. The summed E-state index contributed by atoms with van der Waals surface area (Å²) in [6.45, 7) is 1.65. The molecule has 1 N–H and O–H groups in total. The van der Waals surface area contributed by atoms with E-state index in [-0.39, 0.29) is 5.91 Å². The third-order valence-electron chi connectivity index (χ3n) is 2.88. The summed E-state index contributed by atoms with van der Waals surface area (Å²) in [6, 6.07) is 11.8. The summed E-state index contributed by atoms with van der Waals surface area (Å²) in [6.07, 6.45) is -0.698. The van der Waals surface area contributed by atoms with E-state index in [0.717, 1.165) is 5.75 Å². The molecule has 6 heteroatoms. The lowest BCUT2D eigenvalue weighted by Gasteiger charge is -2.15. The first-order chi connectivity index (χ1) is 10.5. The van der Waals surface area contributed by atoms with Crippen LogP contribution in [0.5, 0.6) is 11.5 Å². The number of benzene rings is 2. The fourth-order valence-electron chi connectivity index (χ4n) is 1.77. The number of nitrogens with one attached hydrogen (secondary N) is 1. The highest BCUT2D eigenvalue weighted by atomic mass is 35.5. The van der Waals surface area contributed by atoms with Crippen molar-refractivity contribution in [3.8, 4) is 11.5 Å². The van der Waals surface area contributed by atoms with Gasteiger partial charge in [0.05, 0.1) is 7.11 Å². The molecule has 1 amide bonds. The number of methoxy groups -OCH3 is 1. The molecule has 0 radical (unpaired) electrons. The van der Waals surface area contributed by atoms with Crippen molar-refractivity contribution < 1.29 is 14.3 Å². The van der Waals surface area contributed by atoms with Gasteiger partial charge in [0, 0.05) is 15.7 Å². The van der Waals surface area contributed by atoms with E-state index in [1.807, 2.05) is 0 Å². The number of carbonyl (C=O) groups excluding carboxylic acids is 1. The Morgan fingerprint density at radius 1 is 1.05 bits per heavy atom. The van der Waals surface area contributed by atoms with E-state index in [1.165, 1.54) is 0 Å². The van der Waals surface area contributed by atoms with Crippen LogP contribution in [0.2, 0.25) is 10.0 Å². The second-order valence-corrected chi connectivity index (χ2v) is 5.46. The number of anilines is 1. The number of halogens is 2. The van der Waals surface area contributed by atoms with Gasteiger partial charge < -0.3 is 14.8 Å². The Bertz CT molecular complexity index is 639. The molecule has 0 saturated carbocycles. The van der Waals surface area contributed by atoms with Gasteiger partial charge in [-0.15, -0.1) is 0 Å². The van der Waals surface area contributed by atoms with Gasteiger partial charge in [-0.25, -0.2) is 0 Å². The molecule has 0 saturated heterocycles. The summed E-state index contributed by atoms with van der Waals surface area (Å²) in [4.78, 5) is 12.1. The molecule has 0 fully saturated rings. The Morgan fingerprint density at radius 3 is 2.18 bits per heavy atom. The summed E-state index contributed by atoms with van der Waals surface area (Å²) >= 11 is 11.8. The van der Waals surface area contributed by atoms with Crippen molar-refractivity contribution in [1.82, 2.24) is 0 Å². The number of carbonyl (C=O) groups is 1. The van der Waals surface area contributed by atoms with E-state index in [9.17, 15) is 4.79 Å². The van der Waals surface area contributed by atoms with Gasteiger partial charge in [-0.05, 0) is 49.4 Å². The molecule has 0 bridgehead atoms. The Kier molecular flexibility index (Phi) is 5.52. The van der Waals surface area contributed by atoms with Crippen LogP contribution in [0.4, 0.5) is 5.69 Å². The molecule has 2 aromatic rings. The largest absolute Gasteiger partial charge is 0.497 e. The fourth-order valence-corrected chi connectivity index (χ4v) is 2.28. The minimum atomic E-state index is -0.698. The summed E-state index contributed by atoms with van der Waals surface area (Å²) in [5.41, 5.74) is 0.658. The second kappa shape index (κ2) is 7.38. The van der Waals surface area contributed by atoms with Crippen molar-refractivity contribution in [2.45, 2.75) is 13.0 Å². The lowest BCUT2D eigenvalue weighted by Crippen LogP contribution is -2.30. The molecule has 1 unspecified atom stereocenters. The standard InChI is InChI=1S/C16H15Cl2NO3/c1-10(22-15-8-11(17)7-12(18)9-15)16(20)19-13-3-5-14(21-2)6-4-13/h3-10H,1-2H3,(H,19,20). The van der Waals surface area contributed by atoms with Crippen LogP contribution in [0, 0.1) is 0 Å². The third kappa shape index (κ3) is 4.55. The van der Waals surface area contributed by atoms with Crippen LogP contribution in [-0.2, 0) is 4.79 Å². The maximum absolute atomic E-state index is 12.1. The summed E-state index contributed by atoms with van der Waals surface area (Å²) in [5.74, 6) is 0.881. The van der Waals surface area contributed by atoms with Gasteiger partial charge in [-0.2, -0.15) is 0 Å². The van der Waals surface area contributed by atoms with Crippen LogP contribution in [0.15, 0.2) is 42.5 Å². The molecule has 2 rings (SSSR count). The molecule has 0 spiro atoms. The van der Waals surface area contributed by atoms with Crippen molar-refractivity contribution >= 4 is 34.8 Å². The van der Waals surface area contributed by atoms with E-state index in [0.29, 0.717) is 21.5 Å². The zero-order valence-corrected chi connectivity index (χ0v) is 13.6. The monoisotopic (exact) mass is 339 g/mol. The first-order valence-electron chi connectivity index (χ1n) is 6.55. The minimum Gasteiger partial charge on any atom is -0.497 e. The minimum absolute atomic E-state index is 0.277. The molecule has 0 heterocycles. The molecular weight excluding hydrogens is 325 g/mol. The van der Waals surface area contributed by atoms with E-state index >= 15 is 0 Å². The summed E-state index contributed by atoms with van der Waals surface area (Å²) in [7, 11) is 1.58. The Morgan fingerprint density at radius 2 is 1.64 bits per heavy atom. The highest BCUT2D eigenvalue weighted by Crippen LogP contribution is 2.25. The van der Waals surface area contributed by atoms with Gasteiger partial charge in [0.15, 0.2) is 6.10 Å². The maximum Gasteiger partial charge on any atom is 0.265 e. The van der Waals surface area contributed by atoms with Crippen molar-refractivity contribution in [3.63, 3.8) is 0 Å². The molecule has 4 nitrogen and oxygen atoms in total. The average Bonchev–Trinajstić information content (AvgIpc) is 2.46. The molecule has 1 atom stereocenters. The Labute approximate surface area is 138 Å². The number of hydrogen-bond acceptors (Lipinski definition) is 3. The molecule has 0 aromatic heterocycles. The van der Waals surface area contributed by atoms with Crippen molar-refractivity contribution in [2.24, 2.45) is 0 Å². The second-order valence-electron chi connectivity index (χ2n) is 4.58. The number of rotatable bonds is 5. The van der Waals surface area contributed by atoms with Gasteiger partial charge in [-0.1, -0.05) is 23.2 Å². The highest BCUT2D eigenvalue weighted by Gasteiger charge is 2.15. The first kappa shape index (κ1) is 16.5. The van der Waals surface area contributed by atoms with Crippen molar-refractivity contribution in [1.29, 1.82) is 0 Å². The lowest BCUT2D eigenvalue weighted by molar-refractivity contribution is -0.122. The van der Waals surface area contributed by atoms with Crippen LogP contribution < -0.4 is 14.8 Å². The van der Waals surface area contributed by atoms with E-state index in [1.54, 1.807) is 56.5 Å². The molecular formula is C16H15Cl2NO3. The SMILES string of the molecule is COc1ccc(NC(=O)C(C)Oc2cc(Cl)cc(Cl)c2)cc1. The Hall–Kier alpha value is -1.91. The van der Waals surface area contributed by atoms with Crippen LogP contribution in [0.25, 0.3) is 0 Å². The van der Waals surface area contributed by atoms with Gasteiger partial charge in [-0.3, -0.25) is 4.79 Å². The Balaban J connectivity index is 1.99. The number of amides is 1. The molecule has 22 heavy (non-hydrogen) atoms. The van der Waals surface area contributed by atoms with Crippen molar-refractivity contribution in [3.05, 3.63) is 52.5 Å². The van der Waals surface area contributed by atoms with Crippen LogP contribution in [0.1, 0.15) is 6.92 Å². The molecule has 0 aliphatic heterocycles. The number of ether oxygens (including phenoxy) is 2. The van der Waals surface area contributed by atoms with Gasteiger partial charge >= 0.3 is 0 Å². The van der Waals surface area contributed by atoms with Gasteiger partial charge in [0.2, 0.25) is 0 Å². The summed E-state index contributed by atoms with van der Waals surface area (Å²) < 4.78 is 10.6. The average molecular weight is 340 g/mol. The molecule has 2 aromatic carbocycles. The molecule has 116 valence electrons. The van der Waals surface area contributed by atoms with Crippen LogP contribution in [0.3, 0.4) is 0 Å². The zero-order chi connectivity index (χ0) is 16.1. The number of hydrogen-bond donors (Lipinski definition) is 1. The van der Waals surface area contributed by atoms with Crippen molar-refractivity contribution in [2.75, 3.05) is 12.4 Å². The van der Waals surface area contributed by atoms with E-state index < -0.39 is 6.10 Å². The summed E-state index contributed by atoms with van der Waals surface area (Å²) in [5, 5.41) is 3.66. The molecule has 0 aliphatic carbocycles. The normalized spacial score (nSPS) is 11.6. The third-order valence-corrected chi connectivity index (χ3v) is 3.31. The fraction of sp³-hybridized carbons (Fsp3) is 0.188. The van der Waals surface area contributed by atoms with Gasteiger partial charge in [0.1, 0.15) is 11.5 Å². The zero-order valence-electron chi connectivity index (χ0n) is 12.1. The maximum atomic E-state index is 12.1. The predicted octanol–water partition coefficient (Wildman–Crippen LogP) is 4.41. The lowest BCUT2D eigenvalue weighted by atomic mass is 10.2. The topological polar surface area (TPSA) is 47.6 Å². The molecule has 0 aliphatic rings. The smallest absolute Gasteiger partial charge is 0.265 e. The predicted molar refractivity (Wildman–Crippen MR) is 88.2 cm³/mol. The highest BCUT2D eigenvalue weighted by molar-refractivity contribution is 6.34. The first-order valence-corrected chi connectivity index (χ1v) is 7.31. The van der Waals surface area contributed by atoms with Crippen LogP contribution in [-0.4, -0.2) is 19.1 Å². The van der Waals surface area contributed by atoms with Crippen LogP contribution >= 0.6 is 23.2 Å².